The van der Waals surface area contributed by atoms with Gasteiger partial charge in [0.15, 0.2) is 0 Å². The number of unbranched alkanes of at least 4 members (excludes halogenated alkanes) is 1. The zero-order valence-corrected chi connectivity index (χ0v) is 33.7. The van der Waals surface area contributed by atoms with Gasteiger partial charge in [0.05, 0.1) is 45.3 Å². The molecule has 0 aromatic rings. The lowest BCUT2D eigenvalue weighted by atomic mass is 9.47. The highest BCUT2D eigenvalue weighted by Gasteiger charge is 2.59. The molecule has 290 valence electrons. The van der Waals surface area contributed by atoms with Crippen molar-refractivity contribution >= 4 is 13.6 Å². The monoisotopic (exact) mass is 725 g/mol. The fourth-order valence-electron chi connectivity index (χ4n) is 10.4. The maximum absolute atomic E-state index is 12.8. The Morgan fingerprint density at radius 3 is 2.20 bits per heavy atom. The van der Waals surface area contributed by atoms with Crippen molar-refractivity contribution in [3.8, 4) is 0 Å². The van der Waals surface area contributed by atoms with Crippen LogP contribution in [-0.2, 0) is 32.8 Å². The van der Waals surface area contributed by atoms with E-state index in [2.05, 4.69) is 40.7 Å². The van der Waals surface area contributed by atoms with Crippen molar-refractivity contribution in [2.45, 2.75) is 150 Å². The van der Waals surface area contributed by atoms with Gasteiger partial charge in [-0.15, -0.1) is 0 Å². The van der Waals surface area contributed by atoms with E-state index in [4.69, 9.17) is 23.5 Å². The molecule has 8 nitrogen and oxygen atoms in total. The first-order valence-corrected chi connectivity index (χ1v) is 22.0. The van der Waals surface area contributed by atoms with Gasteiger partial charge in [0.1, 0.15) is 6.10 Å². The Bertz CT molecular complexity index is 1120. The van der Waals surface area contributed by atoms with E-state index in [0.717, 1.165) is 67.6 Å². The van der Waals surface area contributed by atoms with E-state index in [1.807, 2.05) is 0 Å². The molecule has 0 heterocycles. The van der Waals surface area contributed by atoms with Gasteiger partial charge < -0.3 is 28.4 Å². The summed E-state index contributed by atoms with van der Waals surface area (Å²) in [7, 11) is -3.54. The molecule has 4 aliphatic rings. The maximum Gasteiger partial charge on any atom is 0.330 e. The van der Waals surface area contributed by atoms with Crippen molar-refractivity contribution in [3.63, 3.8) is 0 Å². The molecule has 0 amide bonds. The number of hydrogen-bond acceptors (Lipinski definition) is 7. The van der Waals surface area contributed by atoms with Gasteiger partial charge in [0.2, 0.25) is 0 Å². The standard InChI is InChI=1S/C41H73O8P/c1-30(2)11-10-12-32(5)36-16-17-37-35-15-14-33-29-34(18-20-40(33,6)38(35)19-21-41(36,37)7)49-39(42)13-8-9-22-45-23-24-46-25-26-47-27-28-48-50(43,44)31(3)4/h14,30-32,34-38H,8-13,15-29H2,1-7H3,(H,43,44)/t32-,34+,35?,36?,37?,38?,40+,41-/m1/s1. The van der Waals surface area contributed by atoms with Crippen LogP contribution in [0.4, 0.5) is 0 Å². The number of esters is 1. The van der Waals surface area contributed by atoms with Gasteiger partial charge in [-0.1, -0.05) is 79.4 Å². The molecule has 50 heavy (non-hydrogen) atoms. The lowest BCUT2D eigenvalue weighted by molar-refractivity contribution is -0.151. The van der Waals surface area contributed by atoms with E-state index in [0.29, 0.717) is 44.9 Å². The summed E-state index contributed by atoms with van der Waals surface area (Å²) in [5, 5.41) is 0. The molecule has 9 atom stereocenters. The first-order valence-electron chi connectivity index (χ1n) is 20.4. The highest BCUT2D eigenvalue weighted by atomic mass is 31.2. The molecule has 4 aliphatic carbocycles. The number of ether oxygens (including phenoxy) is 4. The van der Waals surface area contributed by atoms with Crippen molar-refractivity contribution in [1.82, 2.24) is 0 Å². The van der Waals surface area contributed by atoms with Gasteiger partial charge in [0.25, 0.3) is 0 Å². The SMILES string of the molecule is CC(C)CCC[C@@H](C)C1CCC2C3CC=C4C[C@@H](OC(=O)CCCCOCCOCCOCCOP(=O)(O)C(C)C)CC[C@]4(C)C3CC[C@@]21C. The van der Waals surface area contributed by atoms with Crippen LogP contribution in [0.5, 0.6) is 0 Å². The van der Waals surface area contributed by atoms with Gasteiger partial charge in [-0.25, -0.2) is 0 Å². The van der Waals surface area contributed by atoms with Gasteiger partial charge in [0, 0.05) is 19.4 Å². The van der Waals surface area contributed by atoms with Crippen molar-refractivity contribution in [2.24, 2.45) is 46.3 Å². The first-order chi connectivity index (χ1) is 23.8. The van der Waals surface area contributed by atoms with Crippen LogP contribution >= 0.6 is 7.60 Å². The van der Waals surface area contributed by atoms with Gasteiger partial charge in [-0.3, -0.25) is 9.36 Å². The predicted molar refractivity (Wildman–Crippen MR) is 200 cm³/mol. The van der Waals surface area contributed by atoms with E-state index in [9.17, 15) is 14.3 Å². The zero-order valence-electron chi connectivity index (χ0n) is 32.8. The Morgan fingerprint density at radius 1 is 0.840 bits per heavy atom. The van der Waals surface area contributed by atoms with E-state index >= 15 is 0 Å². The molecule has 3 fully saturated rings. The van der Waals surface area contributed by atoms with Crippen molar-refractivity contribution < 1.29 is 37.7 Å². The minimum atomic E-state index is -3.54. The number of fused-ring (bicyclic) bond motifs is 5. The van der Waals surface area contributed by atoms with Crippen LogP contribution in [0, 0.1) is 46.3 Å². The molecule has 5 unspecified atom stereocenters. The van der Waals surface area contributed by atoms with Gasteiger partial charge in [-0.2, -0.15) is 0 Å². The minimum absolute atomic E-state index is 0.0242. The average molecular weight is 725 g/mol. The molecule has 1 N–H and O–H groups in total. The molecule has 0 saturated heterocycles. The number of carbonyl (C=O) groups is 1. The predicted octanol–water partition coefficient (Wildman–Crippen LogP) is 9.77. The summed E-state index contributed by atoms with van der Waals surface area (Å²) in [4.78, 5) is 22.4. The Kier molecular flexibility index (Phi) is 16.4. The normalized spacial score (nSPS) is 32.6. The minimum Gasteiger partial charge on any atom is -0.462 e. The molecule has 0 bridgehead atoms. The fraction of sp³-hybridized carbons (Fsp3) is 0.927. The highest BCUT2D eigenvalue weighted by Crippen LogP contribution is 2.67. The molecule has 0 aromatic heterocycles. The van der Waals surface area contributed by atoms with Crippen molar-refractivity contribution in [3.05, 3.63) is 11.6 Å². The third kappa shape index (κ3) is 11.1. The summed E-state index contributed by atoms with van der Waals surface area (Å²) in [6.45, 7) is 18.5. The largest absolute Gasteiger partial charge is 0.462 e. The highest BCUT2D eigenvalue weighted by molar-refractivity contribution is 7.53. The van der Waals surface area contributed by atoms with Crippen LogP contribution in [0.2, 0.25) is 0 Å². The van der Waals surface area contributed by atoms with Crippen LogP contribution < -0.4 is 0 Å². The van der Waals surface area contributed by atoms with E-state index in [-0.39, 0.29) is 30.7 Å². The number of allylic oxidation sites excluding steroid dienone is 1. The van der Waals surface area contributed by atoms with Crippen LogP contribution in [0.1, 0.15) is 138 Å². The number of rotatable bonds is 22. The maximum atomic E-state index is 12.8. The van der Waals surface area contributed by atoms with E-state index < -0.39 is 13.3 Å². The van der Waals surface area contributed by atoms with Gasteiger partial charge >= 0.3 is 13.6 Å². The van der Waals surface area contributed by atoms with Crippen molar-refractivity contribution in [1.29, 1.82) is 0 Å². The number of carbonyl (C=O) groups excluding carboxylic acids is 1. The lowest BCUT2D eigenvalue weighted by Gasteiger charge is -2.58. The molecule has 3 saturated carbocycles. The molecule has 4 rings (SSSR count). The molecular weight excluding hydrogens is 651 g/mol. The van der Waals surface area contributed by atoms with Crippen LogP contribution in [-0.4, -0.2) is 68.9 Å². The molecule has 0 aromatic carbocycles. The van der Waals surface area contributed by atoms with Crippen LogP contribution in [0.15, 0.2) is 11.6 Å². The Labute approximate surface area is 305 Å². The quantitative estimate of drug-likeness (QED) is 0.0510. The van der Waals surface area contributed by atoms with Crippen molar-refractivity contribution in [2.75, 3.05) is 46.2 Å². The fourth-order valence-corrected chi connectivity index (χ4v) is 11.0. The molecule has 0 radical (unpaired) electrons. The molecule has 9 heteroatoms. The summed E-state index contributed by atoms with van der Waals surface area (Å²) in [5.41, 5.74) is 1.95. The molecule has 0 aliphatic heterocycles. The van der Waals surface area contributed by atoms with Crippen LogP contribution in [0.3, 0.4) is 0 Å². The van der Waals surface area contributed by atoms with E-state index in [1.165, 1.54) is 51.4 Å². The summed E-state index contributed by atoms with van der Waals surface area (Å²) in [5.74, 6) is 4.98. The third-order valence-corrected chi connectivity index (χ3v) is 15.2. The number of hydrogen-bond donors (Lipinski definition) is 1. The molecular formula is C41H73O8P. The summed E-state index contributed by atoms with van der Waals surface area (Å²) in [6.07, 6.45) is 18.7. The zero-order chi connectivity index (χ0) is 36.4. The summed E-state index contributed by atoms with van der Waals surface area (Å²) in [6, 6.07) is 0. The summed E-state index contributed by atoms with van der Waals surface area (Å²) < 4.78 is 39.3. The second kappa shape index (κ2) is 19.5. The smallest absolute Gasteiger partial charge is 0.330 e. The lowest BCUT2D eigenvalue weighted by Crippen LogP contribution is -2.51. The van der Waals surface area contributed by atoms with Crippen LogP contribution in [0.25, 0.3) is 0 Å². The van der Waals surface area contributed by atoms with E-state index in [1.54, 1.807) is 19.4 Å². The second-order valence-electron chi connectivity index (χ2n) is 17.4. The first kappa shape index (κ1) is 42.0. The van der Waals surface area contributed by atoms with Gasteiger partial charge in [-0.05, 0) is 104 Å². The Hall–Kier alpha value is -0.760. The average Bonchev–Trinajstić information content (AvgIpc) is 3.42. The topological polar surface area (TPSA) is 101 Å². The molecule has 0 spiro atoms. The summed E-state index contributed by atoms with van der Waals surface area (Å²) >= 11 is 0. The third-order valence-electron chi connectivity index (χ3n) is 13.4. The Balaban J connectivity index is 1.07. The Morgan fingerprint density at radius 2 is 1.52 bits per heavy atom. The second-order valence-corrected chi connectivity index (χ2v) is 19.8.